The van der Waals surface area contributed by atoms with Crippen LogP contribution < -0.4 is 0 Å². The quantitative estimate of drug-likeness (QED) is 0.373. The molecule has 0 aromatic heterocycles. The molecule has 0 aliphatic heterocycles. The first-order valence-corrected chi connectivity index (χ1v) is 18.3. The van der Waals surface area contributed by atoms with Crippen LogP contribution >= 0.6 is 0 Å². The van der Waals surface area contributed by atoms with Crippen LogP contribution in [0.5, 0.6) is 0 Å². The fraction of sp³-hybridized carbons (Fsp3) is 1.00. The summed E-state index contributed by atoms with van der Waals surface area (Å²) in [6, 6.07) is 0. The van der Waals surface area contributed by atoms with E-state index >= 15 is 0 Å². The molecule has 0 N–H and O–H groups in total. The standard InChI is InChI=1S/C20H46Ge2O/c1-15(2)21(16(3)4,17(5)6)23-22(18(7)8,19(9,10)11)20(12,13)14/h15-18H,1-14H3. The van der Waals surface area contributed by atoms with E-state index in [2.05, 4.69) is 96.9 Å². The molecule has 0 amide bonds. The molecule has 0 unspecified atom stereocenters. The van der Waals surface area contributed by atoms with Gasteiger partial charge in [0.05, 0.1) is 0 Å². The van der Waals surface area contributed by atoms with Gasteiger partial charge in [-0.05, 0) is 0 Å². The number of rotatable bonds is 6. The van der Waals surface area contributed by atoms with Crippen LogP contribution in [-0.2, 0) is 2.79 Å². The van der Waals surface area contributed by atoms with Crippen molar-refractivity contribution in [1.29, 1.82) is 0 Å². The molecular weight excluding hydrogens is 401 g/mol. The van der Waals surface area contributed by atoms with E-state index in [-0.39, 0.29) is 0 Å². The van der Waals surface area contributed by atoms with E-state index in [1.165, 1.54) is 0 Å². The first kappa shape index (κ1) is 24.0. The van der Waals surface area contributed by atoms with Crippen molar-refractivity contribution in [2.24, 2.45) is 0 Å². The normalized spacial score (nSPS) is 15.4. The molecule has 0 bridgehead atoms. The zero-order chi connectivity index (χ0) is 19.0. The minimum atomic E-state index is -2.68. The zero-order valence-corrected chi connectivity index (χ0v) is 22.9. The van der Waals surface area contributed by atoms with Gasteiger partial charge < -0.3 is 0 Å². The molecule has 0 heterocycles. The van der Waals surface area contributed by atoms with Gasteiger partial charge in [0.1, 0.15) is 0 Å². The summed E-state index contributed by atoms with van der Waals surface area (Å²) >= 11 is -5.18. The Balaban J connectivity index is 6.55. The van der Waals surface area contributed by atoms with E-state index in [0.29, 0.717) is 27.5 Å². The molecule has 0 saturated heterocycles. The Hall–Kier alpha value is 1.05. The molecule has 0 aromatic carbocycles. The van der Waals surface area contributed by atoms with E-state index in [4.69, 9.17) is 2.79 Å². The van der Waals surface area contributed by atoms with E-state index in [1.54, 1.807) is 0 Å². The van der Waals surface area contributed by atoms with Gasteiger partial charge in [-0.25, -0.2) is 0 Å². The first-order valence-electron chi connectivity index (χ1n) is 9.68. The van der Waals surface area contributed by atoms with Crippen molar-refractivity contribution in [2.75, 3.05) is 0 Å². The Morgan fingerprint density at radius 3 is 0.913 bits per heavy atom. The third kappa shape index (κ3) is 4.24. The fourth-order valence-electron chi connectivity index (χ4n) is 5.91. The molecule has 0 aliphatic rings. The van der Waals surface area contributed by atoms with Crippen molar-refractivity contribution in [3.8, 4) is 0 Å². The van der Waals surface area contributed by atoms with Gasteiger partial charge in [-0.2, -0.15) is 0 Å². The van der Waals surface area contributed by atoms with Gasteiger partial charge >= 0.3 is 154 Å². The fourth-order valence-corrected chi connectivity index (χ4v) is 53.8. The van der Waals surface area contributed by atoms with Gasteiger partial charge in [-0.1, -0.05) is 0 Å². The summed E-state index contributed by atoms with van der Waals surface area (Å²) in [5.74, 6) is 0. The van der Waals surface area contributed by atoms with Crippen LogP contribution in [0.15, 0.2) is 0 Å². The Labute approximate surface area is 154 Å². The van der Waals surface area contributed by atoms with Crippen molar-refractivity contribution in [3.05, 3.63) is 0 Å². The van der Waals surface area contributed by atoms with Crippen LogP contribution in [0.4, 0.5) is 0 Å². The maximum atomic E-state index is 7.78. The molecule has 0 rings (SSSR count). The molecule has 0 spiro atoms. The molecule has 0 atom stereocenters. The molecular formula is C20H46Ge2O. The molecule has 140 valence electrons. The summed E-state index contributed by atoms with van der Waals surface area (Å²) in [5, 5.41) is 0. The van der Waals surface area contributed by atoms with Gasteiger partial charge in [-0.15, -0.1) is 0 Å². The van der Waals surface area contributed by atoms with Crippen molar-refractivity contribution in [3.63, 3.8) is 0 Å². The Kier molecular flexibility index (Phi) is 8.09. The molecule has 0 fully saturated rings. The van der Waals surface area contributed by atoms with E-state index in [0.717, 1.165) is 0 Å². The summed E-state index contributed by atoms with van der Waals surface area (Å²) in [6.07, 6.45) is 0. The van der Waals surface area contributed by atoms with Crippen LogP contribution in [0.2, 0.25) is 27.5 Å². The van der Waals surface area contributed by atoms with Gasteiger partial charge in [0, 0.05) is 0 Å². The topological polar surface area (TPSA) is 9.23 Å². The molecule has 0 saturated carbocycles. The monoisotopic (exact) mass is 450 g/mol. The Morgan fingerprint density at radius 1 is 0.522 bits per heavy atom. The third-order valence-corrected chi connectivity index (χ3v) is 39.0. The molecule has 0 radical (unpaired) electrons. The van der Waals surface area contributed by atoms with Crippen LogP contribution in [0.25, 0.3) is 0 Å². The summed E-state index contributed by atoms with van der Waals surface area (Å²) < 4.78 is 11.2. The van der Waals surface area contributed by atoms with Crippen LogP contribution in [0.1, 0.15) is 96.9 Å². The third-order valence-electron chi connectivity index (χ3n) is 6.09. The minimum absolute atomic E-state index is 0.293. The van der Waals surface area contributed by atoms with E-state index < -0.39 is 27.2 Å². The number of hydrogen-bond acceptors (Lipinski definition) is 1. The Bertz CT molecular complexity index is 334. The van der Waals surface area contributed by atoms with Gasteiger partial charge in [0.15, 0.2) is 0 Å². The van der Waals surface area contributed by atoms with Gasteiger partial charge in [0.2, 0.25) is 0 Å². The van der Waals surface area contributed by atoms with Crippen molar-refractivity contribution >= 4 is 27.2 Å². The maximum absolute atomic E-state index is 7.78. The first-order chi connectivity index (χ1) is 9.98. The molecule has 3 heteroatoms. The van der Waals surface area contributed by atoms with Crippen LogP contribution in [0, 0.1) is 0 Å². The molecule has 1 nitrogen and oxygen atoms in total. The van der Waals surface area contributed by atoms with Crippen molar-refractivity contribution < 1.29 is 2.79 Å². The summed E-state index contributed by atoms with van der Waals surface area (Å²) in [7, 11) is 0. The SMILES string of the molecule is C[CH](C)[Ge]([O][Ge]([CH](C)C)([C](C)(C)C)[C](C)(C)C)([CH](C)C)[CH](C)C. The predicted octanol–water partition coefficient (Wildman–Crippen LogP) is 8.13. The van der Waals surface area contributed by atoms with Crippen LogP contribution in [0.3, 0.4) is 0 Å². The Morgan fingerprint density at radius 2 is 0.783 bits per heavy atom. The molecule has 23 heavy (non-hydrogen) atoms. The van der Waals surface area contributed by atoms with Gasteiger partial charge in [0.25, 0.3) is 0 Å². The van der Waals surface area contributed by atoms with Gasteiger partial charge in [-0.3, -0.25) is 0 Å². The average Bonchev–Trinajstić information content (AvgIpc) is 2.23. The average molecular weight is 448 g/mol. The molecule has 0 aliphatic carbocycles. The van der Waals surface area contributed by atoms with Crippen LogP contribution in [-0.4, -0.2) is 27.2 Å². The molecule has 0 aromatic rings. The zero-order valence-electron chi connectivity index (χ0n) is 18.7. The summed E-state index contributed by atoms with van der Waals surface area (Å²) in [6.45, 7) is 34.3. The van der Waals surface area contributed by atoms with Crippen molar-refractivity contribution in [1.82, 2.24) is 0 Å². The van der Waals surface area contributed by atoms with E-state index in [9.17, 15) is 0 Å². The summed E-state index contributed by atoms with van der Waals surface area (Å²) in [4.78, 5) is 0. The second kappa shape index (κ2) is 7.74. The summed E-state index contributed by atoms with van der Waals surface area (Å²) in [5.41, 5.74) is 0. The second-order valence-electron chi connectivity index (χ2n) is 10.8. The van der Waals surface area contributed by atoms with E-state index in [1.807, 2.05) is 0 Å². The van der Waals surface area contributed by atoms with Crippen molar-refractivity contribution in [2.45, 2.75) is 124 Å². The predicted molar refractivity (Wildman–Crippen MR) is 112 cm³/mol. The second-order valence-corrected chi connectivity index (χ2v) is 36.1. The number of hydrogen-bond donors (Lipinski definition) is 0.